The number of amides is 2. The predicted molar refractivity (Wildman–Crippen MR) is 99.6 cm³/mol. The van der Waals surface area contributed by atoms with Crippen molar-refractivity contribution >= 4 is 33.4 Å². The summed E-state index contributed by atoms with van der Waals surface area (Å²) in [6.07, 6.45) is 0. The van der Waals surface area contributed by atoms with Crippen molar-refractivity contribution in [1.82, 2.24) is 5.32 Å². The lowest BCUT2D eigenvalue weighted by Crippen LogP contribution is -2.22. The van der Waals surface area contributed by atoms with Crippen LogP contribution in [0.15, 0.2) is 40.9 Å². The molecule has 0 fully saturated rings. The highest BCUT2D eigenvalue weighted by Crippen LogP contribution is 2.35. The van der Waals surface area contributed by atoms with Crippen LogP contribution in [0.2, 0.25) is 0 Å². The topological polar surface area (TPSA) is 76.7 Å². The zero-order valence-corrected chi connectivity index (χ0v) is 15.8. The molecule has 0 bridgehead atoms. The van der Waals surface area contributed by atoms with Crippen molar-refractivity contribution in [2.75, 3.05) is 26.1 Å². The van der Waals surface area contributed by atoms with Crippen LogP contribution in [-0.2, 0) is 0 Å². The van der Waals surface area contributed by atoms with Gasteiger partial charge in [0.25, 0.3) is 11.8 Å². The second-order valence-electron chi connectivity index (χ2n) is 5.09. The van der Waals surface area contributed by atoms with Crippen LogP contribution in [0.5, 0.6) is 11.5 Å². The molecule has 0 saturated heterocycles. The van der Waals surface area contributed by atoms with Gasteiger partial charge in [-0.05, 0) is 53.2 Å². The minimum Gasteiger partial charge on any atom is -0.495 e. The largest absolute Gasteiger partial charge is 0.495 e. The fourth-order valence-electron chi connectivity index (χ4n) is 2.20. The standard InChI is InChI=1S/C18H19BrN2O4/c1-4-20-17(22)11-6-5-7-13(8-11)21-18(23)12-9-14(24-2)16(19)15(10-12)25-3/h5-10H,4H2,1-3H3,(H,20,22)(H,21,23). The molecule has 7 heteroatoms. The molecule has 0 saturated carbocycles. The lowest BCUT2D eigenvalue weighted by molar-refractivity contribution is 0.0954. The zero-order chi connectivity index (χ0) is 18.4. The molecule has 0 unspecified atom stereocenters. The van der Waals surface area contributed by atoms with E-state index in [4.69, 9.17) is 9.47 Å². The predicted octanol–water partition coefficient (Wildman–Crippen LogP) is 3.47. The smallest absolute Gasteiger partial charge is 0.255 e. The summed E-state index contributed by atoms with van der Waals surface area (Å²) >= 11 is 3.37. The van der Waals surface area contributed by atoms with Crippen LogP contribution in [-0.4, -0.2) is 32.6 Å². The minimum absolute atomic E-state index is 0.189. The summed E-state index contributed by atoms with van der Waals surface area (Å²) in [5.41, 5.74) is 1.38. The molecule has 6 nitrogen and oxygen atoms in total. The van der Waals surface area contributed by atoms with Crippen molar-refractivity contribution in [1.29, 1.82) is 0 Å². The van der Waals surface area contributed by atoms with Crippen LogP contribution in [0.3, 0.4) is 0 Å². The van der Waals surface area contributed by atoms with E-state index in [1.165, 1.54) is 14.2 Å². The Labute approximate surface area is 154 Å². The molecule has 2 aromatic carbocycles. The first-order valence-corrected chi connectivity index (χ1v) is 8.40. The van der Waals surface area contributed by atoms with Crippen molar-refractivity contribution < 1.29 is 19.1 Å². The normalized spacial score (nSPS) is 10.1. The van der Waals surface area contributed by atoms with E-state index in [1.54, 1.807) is 36.4 Å². The summed E-state index contributed by atoms with van der Waals surface area (Å²) in [4.78, 5) is 24.4. The van der Waals surface area contributed by atoms with Gasteiger partial charge < -0.3 is 20.1 Å². The first kappa shape index (κ1) is 18.8. The van der Waals surface area contributed by atoms with Crippen LogP contribution < -0.4 is 20.1 Å². The molecule has 0 spiro atoms. The number of carbonyl (C=O) groups is 2. The van der Waals surface area contributed by atoms with Crippen molar-refractivity contribution in [3.05, 3.63) is 52.0 Å². The van der Waals surface area contributed by atoms with Crippen LogP contribution in [0, 0.1) is 0 Å². The van der Waals surface area contributed by atoms with E-state index < -0.39 is 0 Å². The van der Waals surface area contributed by atoms with Gasteiger partial charge in [0.1, 0.15) is 16.0 Å². The van der Waals surface area contributed by atoms with Gasteiger partial charge >= 0.3 is 0 Å². The molecule has 0 atom stereocenters. The average Bonchev–Trinajstić information content (AvgIpc) is 2.62. The maximum atomic E-state index is 12.5. The molecule has 2 rings (SSSR count). The van der Waals surface area contributed by atoms with E-state index in [1.807, 2.05) is 6.92 Å². The number of benzene rings is 2. The van der Waals surface area contributed by atoms with Crippen LogP contribution in [0.1, 0.15) is 27.6 Å². The number of hydrogen-bond acceptors (Lipinski definition) is 4. The summed E-state index contributed by atoms with van der Waals surface area (Å²) in [6.45, 7) is 2.38. The lowest BCUT2D eigenvalue weighted by Gasteiger charge is -2.12. The van der Waals surface area contributed by atoms with Gasteiger partial charge in [0, 0.05) is 23.4 Å². The number of methoxy groups -OCH3 is 2. The third kappa shape index (κ3) is 4.51. The first-order valence-electron chi connectivity index (χ1n) is 7.61. The van der Waals surface area contributed by atoms with Gasteiger partial charge in [0.2, 0.25) is 0 Å². The highest BCUT2D eigenvalue weighted by atomic mass is 79.9. The zero-order valence-electron chi connectivity index (χ0n) is 14.2. The van der Waals surface area contributed by atoms with E-state index in [-0.39, 0.29) is 11.8 Å². The number of carbonyl (C=O) groups excluding carboxylic acids is 2. The number of hydrogen-bond donors (Lipinski definition) is 2. The Hall–Kier alpha value is -2.54. The average molecular weight is 407 g/mol. The third-order valence-corrected chi connectivity index (χ3v) is 4.21. The molecule has 0 heterocycles. The number of halogens is 1. The Morgan fingerprint density at radius 3 is 2.20 bits per heavy atom. The molecule has 2 aromatic rings. The molecule has 2 amide bonds. The summed E-state index contributed by atoms with van der Waals surface area (Å²) in [6, 6.07) is 9.95. The summed E-state index contributed by atoms with van der Waals surface area (Å²) < 4.78 is 11.1. The van der Waals surface area contributed by atoms with Gasteiger partial charge in [0.15, 0.2) is 0 Å². The van der Waals surface area contributed by atoms with Crippen LogP contribution in [0.25, 0.3) is 0 Å². The fourth-order valence-corrected chi connectivity index (χ4v) is 2.76. The summed E-state index contributed by atoms with van der Waals surface area (Å²) in [5, 5.41) is 5.49. The highest BCUT2D eigenvalue weighted by Gasteiger charge is 2.15. The van der Waals surface area contributed by atoms with Crippen molar-refractivity contribution in [2.24, 2.45) is 0 Å². The number of ether oxygens (including phenoxy) is 2. The van der Waals surface area contributed by atoms with E-state index in [0.717, 1.165) is 0 Å². The van der Waals surface area contributed by atoms with Crippen molar-refractivity contribution in [3.8, 4) is 11.5 Å². The molecular formula is C18H19BrN2O4. The maximum Gasteiger partial charge on any atom is 0.255 e. The highest BCUT2D eigenvalue weighted by molar-refractivity contribution is 9.10. The van der Waals surface area contributed by atoms with Gasteiger partial charge in [-0.25, -0.2) is 0 Å². The molecule has 0 radical (unpaired) electrons. The maximum absolute atomic E-state index is 12.5. The second-order valence-corrected chi connectivity index (χ2v) is 5.88. The Kier molecular flexibility index (Phi) is 6.41. The Morgan fingerprint density at radius 2 is 1.64 bits per heavy atom. The van der Waals surface area contributed by atoms with Crippen molar-refractivity contribution in [3.63, 3.8) is 0 Å². The van der Waals surface area contributed by atoms with Gasteiger partial charge in [-0.2, -0.15) is 0 Å². The van der Waals surface area contributed by atoms with Gasteiger partial charge in [-0.15, -0.1) is 0 Å². The number of rotatable bonds is 6. The SMILES string of the molecule is CCNC(=O)c1cccc(NC(=O)c2cc(OC)c(Br)c(OC)c2)c1. The van der Waals surface area contributed by atoms with Gasteiger partial charge in [0.05, 0.1) is 14.2 Å². The fraction of sp³-hybridized carbons (Fsp3) is 0.222. The monoisotopic (exact) mass is 406 g/mol. The van der Waals surface area contributed by atoms with E-state index in [2.05, 4.69) is 26.6 Å². The minimum atomic E-state index is -0.336. The Balaban J connectivity index is 2.25. The van der Waals surface area contributed by atoms with E-state index >= 15 is 0 Å². The Bertz CT molecular complexity index is 767. The van der Waals surface area contributed by atoms with Gasteiger partial charge in [-0.1, -0.05) is 6.07 Å². The molecule has 0 aliphatic heterocycles. The second kappa shape index (κ2) is 8.53. The summed E-state index contributed by atoms with van der Waals surface area (Å²) in [5.74, 6) is 0.448. The lowest BCUT2D eigenvalue weighted by atomic mass is 10.1. The molecule has 0 aliphatic carbocycles. The van der Waals surface area contributed by atoms with Crippen molar-refractivity contribution in [2.45, 2.75) is 6.92 Å². The molecule has 132 valence electrons. The molecule has 25 heavy (non-hydrogen) atoms. The molecule has 0 aliphatic rings. The quantitative estimate of drug-likeness (QED) is 0.769. The number of anilines is 1. The molecular weight excluding hydrogens is 388 g/mol. The van der Waals surface area contributed by atoms with Gasteiger partial charge in [-0.3, -0.25) is 9.59 Å². The summed E-state index contributed by atoms with van der Waals surface area (Å²) in [7, 11) is 3.02. The van der Waals surface area contributed by atoms with E-state index in [9.17, 15) is 9.59 Å². The molecule has 0 aromatic heterocycles. The van der Waals surface area contributed by atoms with Crippen LogP contribution in [0.4, 0.5) is 5.69 Å². The third-order valence-electron chi connectivity index (χ3n) is 3.43. The van der Waals surface area contributed by atoms with E-state index in [0.29, 0.717) is 39.3 Å². The first-order chi connectivity index (χ1) is 12.0. The number of nitrogens with one attached hydrogen (secondary N) is 2. The van der Waals surface area contributed by atoms with Crippen LogP contribution >= 0.6 is 15.9 Å². The Morgan fingerprint density at radius 1 is 1.00 bits per heavy atom. The molecule has 2 N–H and O–H groups in total.